The van der Waals surface area contributed by atoms with E-state index in [1.807, 2.05) is 31.2 Å². The van der Waals surface area contributed by atoms with Gasteiger partial charge in [-0.3, -0.25) is 0 Å². The topological polar surface area (TPSA) is 26.0 Å². The number of nitrogens with two attached hydrogens (primary N) is 1. The van der Waals surface area contributed by atoms with Gasteiger partial charge in [0.25, 0.3) is 0 Å². The first-order valence-corrected chi connectivity index (χ1v) is 5.35. The van der Waals surface area contributed by atoms with Gasteiger partial charge in [0, 0.05) is 10.9 Å². The molecular formula is C11H14ClNS. The average molecular weight is 228 g/mol. The molecule has 1 rings (SSSR count). The maximum Gasteiger partial charge on any atom is 0.0761 e. The number of benzene rings is 1. The van der Waals surface area contributed by atoms with Gasteiger partial charge < -0.3 is 5.73 Å². The lowest BCUT2D eigenvalue weighted by atomic mass is 9.89. The smallest absolute Gasteiger partial charge is 0.0761 e. The molecule has 0 fully saturated rings. The van der Waals surface area contributed by atoms with Crippen LogP contribution in [-0.2, 0) is 0 Å². The van der Waals surface area contributed by atoms with Crippen LogP contribution in [0.5, 0.6) is 0 Å². The summed E-state index contributed by atoms with van der Waals surface area (Å²) < 4.78 is 0. The van der Waals surface area contributed by atoms with Crippen LogP contribution in [-0.4, -0.2) is 4.99 Å². The second kappa shape index (κ2) is 4.76. The minimum atomic E-state index is 0.214. The van der Waals surface area contributed by atoms with Crippen molar-refractivity contribution in [2.24, 2.45) is 11.7 Å². The van der Waals surface area contributed by atoms with Gasteiger partial charge in [0.15, 0.2) is 0 Å². The van der Waals surface area contributed by atoms with Crippen molar-refractivity contribution in [1.82, 2.24) is 0 Å². The van der Waals surface area contributed by atoms with Crippen LogP contribution in [0.25, 0.3) is 0 Å². The minimum Gasteiger partial charge on any atom is -0.393 e. The van der Waals surface area contributed by atoms with Crippen LogP contribution in [0.15, 0.2) is 24.3 Å². The summed E-state index contributed by atoms with van der Waals surface area (Å²) in [6.45, 7) is 4.16. The third-order valence-corrected chi connectivity index (χ3v) is 3.22. The summed E-state index contributed by atoms with van der Waals surface area (Å²) in [4.78, 5) is 0.562. The van der Waals surface area contributed by atoms with Crippen LogP contribution in [0.2, 0.25) is 5.02 Å². The highest BCUT2D eigenvalue weighted by Gasteiger charge is 2.16. The molecule has 76 valence electrons. The number of halogens is 1. The molecule has 14 heavy (non-hydrogen) atoms. The summed E-state index contributed by atoms with van der Waals surface area (Å²) in [5.74, 6) is 0.552. The Kier molecular flexibility index (Phi) is 3.90. The van der Waals surface area contributed by atoms with E-state index in [1.54, 1.807) is 0 Å². The predicted molar refractivity (Wildman–Crippen MR) is 65.8 cm³/mol. The number of hydrogen-bond donors (Lipinski definition) is 1. The van der Waals surface area contributed by atoms with E-state index < -0.39 is 0 Å². The monoisotopic (exact) mass is 227 g/mol. The number of thiocarbonyl (C=S) groups is 1. The van der Waals surface area contributed by atoms with E-state index in [9.17, 15) is 0 Å². The number of rotatable bonds is 3. The Morgan fingerprint density at radius 2 is 1.79 bits per heavy atom. The van der Waals surface area contributed by atoms with E-state index in [0.29, 0.717) is 10.9 Å². The molecule has 1 aromatic carbocycles. The second-order valence-corrected chi connectivity index (χ2v) is 4.44. The molecule has 0 amide bonds. The van der Waals surface area contributed by atoms with Gasteiger partial charge >= 0.3 is 0 Å². The minimum absolute atomic E-state index is 0.214. The Morgan fingerprint density at radius 3 is 2.21 bits per heavy atom. The Morgan fingerprint density at radius 1 is 1.29 bits per heavy atom. The fourth-order valence-corrected chi connectivity index (χ4v) is 1.63. The molecule has 2 atom stereocenters. The van der Waals surface area contributed by atoms with Crippen molar-refractivity contribution in [1.29, 1.82) is 0 Å². The molecule has 0 bridgehead atoms. The molecular weight excluding hydrogens is 214 g/mol. The van der Waals surface area contributed by atoms with Crippen molar-refractivity contribution in [3.8, 4) is 0 Å². The molecule has 0 aliphatic heterocycles. The molecule has 0 aromatic heterocycles. The van der Waals surface area contributed by atoms with Crippen molar-refractivity contribution in [3.63, 3.8) is 0 Å². The van der Waals surface area contributed by atoms with E-state index in [4.69, 9.17) is 29.6 Å². The summed E-state index contributed by atoms with van der Waals surface area (Å²) in [5, 5.41) is 0.754. The van der Waals surface area contributed by atoms with Gasteiger partial charge in [-0.1, -0.05) is 49.8 Å². The van der Waals surface area contributed by atoms with Gasteiger partial charge in [-0.25, -0.2) is 0 Å². The first kappa shape index (κ1) is 11.5. The molecule has 3 heteroatoms. The highest BCUT2D eigenvalue weighted by molar-refractivity contribution is 7.80. The molecule has 0 aliphatic rings. The van der Waals surface area contributed by atoms with Crippen LogP contribution in [0, 0.1) is 5.92 Å². The van der Waals surface area contributed by atoms with Gasteiger partial charge in [0.05, 0.1) is 4.99 Å². The van der Waals surface area contributed by atoms with Gasteiger partial charge in [0.2, 0.25) is 0 Å². The molecule has 0 saturated heterocycles. The zero-order chi connectivity index (χ0) is 10.7. The van der Waals surface area contributed by atoms with Crippen LogP contribution in [0.3, 0.4) is 0 Å². The van der Waals surface area contributed by atoms with Crippen molar-refractivity contribution in [3.05, 3.63) is 34.9 Å². The summed E-state index contributed by atoms with van der Waals surface area (Å²) in [6, 6.07) is 7.81. The molecule has 1 aromatic rings. The number of hydrogen-bond acceptors (Lipinski definition) is 1. The third kappa shape index (κ3) is 2.69. The zero-order valence-electron chi connectivity index (χ0n) is 8.33. The van der Waals surface area contributed by atoms with Gasteiger partial charge in [-0.15, -0.1) is 0 Å². The molecule has 2 N–H and O–H groups in total. The summed E-state index contributed by atoms with van der Waals surface area (Å²) in [5.41, 5.74) is 6.83. The average Bonchev–Trinajstić information content (AvgIpc) is 2.16. The molecule has 2 unspecified atom stereocenters. The Hall–Kier alpha value is -0.600. The fraction of sp³-hybridized carbons (Fsp3) is 0.364. The maximum absolute atomic E-state index is 5.81. The van der Waals surface area contributed by atoms with Crippen molar-refractivity contribution in [2.45, 2.75) is 19.8 Å². The molecule has 0 heterocycles. The molecule has 1 nitrogen and oxygen atoms in total. The van der Waals surface area contributed by atoms with E-state index in [2.05, 4.69) is 6.92 Å². The lowest BCUT2D eigenvalue weighted by Gasteiger charge is -2.18. The Bertz CT molecular complexity index is 321. The lowest BCUT2D eigenvalue weighted by molar-refractivity contribution is 0.627. The van der Waals surface area contributed by atoms with Crippen LogP contribution in [0.4, 0.5) is 0 Å². The highest BCUT2D eigenvalue weighted by atomic mass is 35.5. The first-order chi connectivity index (χ1) is 6.52. The summed E-state index contributed by atoms with van der Waals surface area (Å²) in [7, 11) is 0. The van der Waals surface area contributed by atoms with E-state index in [1.165, 1.54) is 5.56 Å². The SMILES string of the molecule is CC(C(N)=S)C(C)c1ccc(Cl)cc1. The van der Waals surface area contributed by atoms with Crippen LogP contribution in [0.1, 0.15) is 25.3 Å². The van der Waals surface area contributed by atoms with Crippen molar-refractivity contribution in [2.75, 3.05) is 0 Å². The maximum atomic E-state index is 5.81. The van der Waals surface area contributed by atoms with E-state index in [0.717, 1.165) is 5.02 Å². The van der Waals surface area contributed by atoms with E-state index in [-0.39, 0.29) is 5.92 Å². The quantitative estimate of drug-likeness (QED) is 0.802. The molecule has 0 saturated carbocycles. The van der Waals surface area contributed by atoms with Gasteiger partial charge in [0.1, 0.15) is 0 Å². The van der Waals surface area contributed by atoms with Crippen LogP contribution < -0.4 is 5.73 Å². The second-order valence-electron chi connectivity index (χ2n) is 3.53. The Labute approximate surface area is 95.3 Å². The molecule has 0 spiro atoms. The normalized spacial score (nSPS) is 14.8. The zero-order valence-corrected chi connectivity index (χ0v) is 9.90. The van der Waals surface area contributed by atoms with Crippen molar-refractivity contribution >= 4 is 28.8 Å². The van der Waals surface area contributed by atoms with Crippen molar-refractivity contribution < 1.29 is 0 Å². The fourth-order valence-electron chi connectivity index (χ4n) is 1.30. The third-order valence-electron chi connectivity index (χ3n) is 2.59. The summed E-state index contributed by atoms with van der Waals surface area (Å²) in [6.07, 6.45) is 0. The van der Waals surface area contributed by atoms with E-state index >= 15 is 0 Å². The van der Waals surface area contributed by atoms with Crippen LogP contribution >= 0.6 is 23.8 Å². The predicted octanol–water partition coefficient (Wildman–Crippen LogP) is 3.37. The first-order valence-electron chi connectivity index (χ1n) is 4.57. The summed E-state index contributed by atoms with van der Waals surface area (Å²) >= 11 is 10.8. The molecule has 0 aliphatic carbocycles. The van der Waals surface area contributed by atoms with Gasteiger partial charge in [-0.05, 0) is 23.6 Å². The Balaban J connectivity index is 2.84. The molecule has 0 radical (unpaired) electrons. The highest BCUT2D eigenvalue weighted by Crippen LogP contribution is 2.25. The largest absolute Gasteiger partial charge is 0.393 e. The van der Waals surface area contributed by atoms with Gasteiger partial charge in [-0.2, -0.15) is 0 Å². The standard InChI is InChI=1S/C11H14ClNS/c1-7(8(2)11(13)14)9-3-5-10(12)6-4-9/h3-8H,1-2H3,(H2,13,14). The lowest BCUT2D eigenvalue weighted by Crippen LogP contribution is -2.23.